The molecule has 0 spiro atoms. The van der Waals surface area contributed by atoms with E-state index in [9.17, 15) is 31.1 Å². The van der Waals surface area contributed by atoms with E-state index in [2.05, 4.69) is 18.2 Å². The molecule has 1 amide bonds. The lowest BCUT2D eigenvalue weighted by atomic mass is 10.0. The molecule has 2 aromatic rings. The molecule has 0 atom stereocenters. The highest BCUT2D eigenvalue weighted by Gasteiger charge is 2.38. The average Bonchev–Trinajstić information content (AvgIpc) is 2.79. The lowest BCUT2D eigenvalue weighted by Crippen LogP contribution is -2.35. The molecule has 2 aromatic carbocycles. The lowest BCUT2D eigenvalue weighted by molar-refractivity contribution is -0.193. The van der Waals surface area contributed by atoms with Crippen LogP contribution in [0.25, 0.3) is 10.8 Å². The minimum absolute atomic E-state index is 0.151. The third-order valence-electron chi connectivity index (χ3n) is 4.32. The number of hydrogen-bond donors (Lipinski definition) is 4. The van der Waals surface area contributed by atoms with Gasteiger partial charge in [0.1, 0.15) is 0 Å². The Morgan fingerprint density at radius 1 is 0.750 bits per heavy atom. The van der Waals surface area contributed by atoms with Crippen molar-refractivity contribution >= 4 is 28.6 Å². The summed E-state index contributed by atoms with van der Waals surface area (Å²) in [6, 6.07) is 14.3. The first-order valence-corrected chi connectivity index (χ1v) is 10.4. The van der Waals surface area contributed by atoms with Gasteiger partial charge < -0.3 is 26.6 Å². The summed E-state index contributed by atoms with van der Waals surface area (Å²) in [4.78, 5) is 32.3. The normalized spacial score (nSPS) is 11.0. The van der Waals surface area contributed by atoms with Crippen LogP contribution >= 0.6 is 0 Å². The van der Waals surface area contributed by atoms with Crippen molar-refractivity contribution in [2.24, 2.45) is 11.5 Å². The largest absolute Gasteiger partial charge is 0.490 e. The van der Waals surface area contributed by atoms with E-state index in [1.54, 1.807) is 0 Å². The molecule has 0 heterocycles. The van der Waals surface area contributed by atoms with Crippen LogP contribution in [0.1, 0.15) is 18.4 Å². The molecular formula is C22H27F6N3O5. The van der Waals surface area contributed by atoms with E-state index >= 15 is 0 Å². The molecule has 0 saturated heterocycles. The Bertz CT molecular complexity index is 945. The van der Waals surface area contributed by atoms with E-state index in [0.29, 0.717) is 32.6 Å². The summed E-state index contributed by atoms with van der Waals surface area (Å²) in [6.07, 6.45) is -8.09. The number of hydrogen-bond acceptors (Lipinski definition) is 5. The van der Waals surface area contributed by atoms with Crippen LogP contribution in [0.4, 0.5) is 26.3 Å². The molecule has 0 aliphatic carbocycles. The Hall–Kier alpha value is -3.39. The predicted molar refractivity (Wildman–Crippen MR) is 119 cm³/mol. The number of amides is 1. The summed E-state index contributed by atoms with van der Waals surface area (Å²) in [7, 11) is 0. The highest BCUT2D eigenvalue weighted by Crippen LogP contribution is 2.19. The molecule has 0 aliphatic heterocycles. The van der Waals surface area contributed by atoms with Gasteiger partial charge in [0, 0.05) is 13.1 Å². The van der Waals surface area contributed by atoms with Crippen LogP contribution in [0.3, 0.4) is 0 Å². The van der Waals surface area contributed by atoms with Crippen molar-refractivity contribution in [2.75, 3.05) is 26.2 Å². The number of fused-ring (bicyclic) bond motifs is 1. The Balaban J connectivity index is 0.000000720. The molecule has 0 fully saturated rings. The van der Waals surface area contributed by atoms with Gasteiger partial charge >= 0.3 is 24.3 Å². The van der Waals surface area contributed by atoms with Crippen LogP contribution in [0.5, 0.6) is 0 Å². The summed E-state index contributed by atoms with van der Waals surface area (Å²) < 4.78 is 63.5. The van der Waals surface area contributed by atoms with Gasteiger partial charge in [-0.05, 0) is 42.3 Å². The zero-order valence-corrected chi connectivity index (χ0v) is 19.0. The van der Waals surface area contributed by atoms with Crippen LogP contribution in [-0.2, 0) is 20.8 Å². The van der Waals surface area contributed by atoms with Gasteiger partial charge in [0.2, 0.25) is 5.91 Å². The van der Waals surface area contributed by atoms with Gasteiger partial charge in [-0.2, -0.15) is 26.3 Å². The van der Waals surface area contributed by atoms with E-state index in [4.69, 9.17) is 31.3 Å². The zero-order valence-electron chi connectivity index (χ0n) is 19.0. The molecule has 202 valence electrons. The standard InChI is InChI=1S/C18H25N3O.2C2HF3O2/c19-10-4-12-21(13-5-11-20)18(22)14-16-8-3-7-15-6-1-2-9-17(15)16;2*3-2(4,5)1(6)7/h1-3,6-9H,4-5,10-14,19-20H2;2*(H,6,7). The van der Waals surface area contributed by atoms with Crippen LogP contribution in [-0.4, -0.2) is 71.5 Å². The first-order valence-electron chi connectivity index (χ1n) is 10.4. The highest BCUT2D eigenvalue weighted by molar-refractivity contribution is 5.90. The number of carboxylic acid groups (broad SMARTS) is 2. The first-order chi connectivity index (χ1) is 16.6. The number of benzene rings is 2. The molecule has 0 unspecified atom stereocenters. The third kappa shape index (κ3) is 12.9. The van der Waals surface area contributed by atoms with Crippen molar-refractivity contribution in [2.45, 2.75) is 31.6 Å². The van der Waals surface area contributed by atoms with E-state index in [-0.39, 0.29) is 5.91 Å². The summed E-state index contributed by atoms with van der Waals surface area (Å²) in [5, 5.41) is 16.6. The van der Waals surface area contributed by atoms with Crippen LogP contribution in [0.2, 0.25) is 0 Å². The molecule has 2 rings (SSSR count). The number of carbonyl (C=O) groups excluding carboxylic acids is 1. The number of aliphatic carboxylic acids is 2. The van der Waals surface area contributed by atoms with Crippen molar-refractivity contribution in [1.82, 2.24) is 4.90 Å². The molecular weight excluding hydrogens is 500 g/mol. The van der Waals surface area contributed by atoms with E-state index < -0.39 is 24.3 Å². The van der Waals surface area contributed by atoms with E-state index in [0.717, 1.165) is 23.8 Å². The van der Waals surface area contributed by atoms with Crippen molar-refractivity contribution < 1.29 is 50.9 Å². The molecule has 8 nitrogen and oxygen atoms in total. The molecule has 0 aliphatic rings. The fraction of sp³-hybridized carbons (Fsp3) is 0.409. The van der Waals surface area contributed by atoms with Gasteiger partial charge in [-0.3, -0.25) is 4.79 Å². The number of nitrogens with two attached hydrogens (primary N) is 2. The second-order valence-corrected chi connectivity index (χ2v) is 7.09. The first kappa shape index (κ1) is 32.6. The Morgan fingerprint density at radius 3 is 1.58 bits per heavy atom. The van der Waals surface area contributed by atoms with Gasteiger partial charge in [0.25, 0.3) is 0 Å². The molecule has 14 heteroatoms. The van der Waals surface area contributed by atoms with E-state index in [1.807, 2.05) is 29.2 Å². The van der Waals surface area contributed by atoms with Crippen LogP contribution in [0.15, 0.2) is 42.5 Å². The maximum absolute atomic E-state index is 12.6. The average molecular weight is 527 g/mol. The second-order valence-electron chi connectivity index (χ2n) is 7.09. The minimum Gasteiger partial charge on any atom is -0.475 e. The molecule has 0 aromatic heterocycles. The zero-order chi connectivity index (χ0) is 27.9. The summed E-state index contributed by atoms with van der Waals surface area (Å²) in [5.41, 5.74) is 12.2. The highest BCUT2D eigenvalue weighted by atomic mass is 19.4. The summed E-state index contributed by atoms with van der Waals surface area (Å²) >= 11 is 0. The molecule has 0 bridgehead atoms. The van der Waals surface area contributed by atoms with Gasteiger partial charge in [0.05, 0.1) is 6.42 Å². The van der Waals surface area contributed by atoms with E-state index in [1.165, 1.54) is 5.39 Å². The summed E-state index contributed by atoms with van der Waals surface area (Å²) in [6.45, 7) is 2.61. The predicted octanol–water partition coefficient (Wildman–Crippen LogP) is 3.18. The maximum atomic E-state index is 12.6. The smallest absolute Gasteiger partial charge is 0.475 e. The third-order valence-corrected chi connectivity index (χ3v) is 4.32. The Labute approximate surface area is 202 Å². The number of alkyl halides is 6. The Morgan fingerprint density at radius 2 is 1.17 bits per heavy atom. The SMILES string of the molecule is NCCCN(CCCN)C(=O)Cc1cccc2ccccc12.O=C(O)C(F)(F)F.O=C(O)C(F)(F)F. The topological polar surface area (TPSA) is 147 Å². The van der Waals surface area contributed by atoms with Crippen molar-refractivity contribution in [3.8, 4) is 0 Å². The second kappa shape index (κ2) is 15.6. The van der Waals surface area contributed by atoms with Crippen molar-refractivity contribution in [3.05, 3.63) is 48.0 Å². The van der Waals surface area contributed by atoms with Gasteiger partial charge in [-0.15, -0.1) is 0 Å². The molecule has 6 N–H and O–H groups in total. The van der Waals surface area contributed by atoms with Gasteiger partial charge in [0.15, 0.2) is 0 Å². The van der Waals surface area contributed by atoms with Crippen LogP contribution < -0.4 is 11.5 Å². The fourth-order valence-electron chi connectivity index (χ4n) is 2.65. The molecule has 36 heavy (non-hydrogen) atoms. The fourth-order valence-corrected chi connectivity index (χ4v) is 2.65. The number of nitrogens with zero attached hydrogens (tertiary/aromatic N) is 1. The van der Waals surface area contributed by atoms with Gasteiger partial charge in [-0.1, -0.05) is 42.5 Å². The lowest BCUT2D eigenvalue weighted by Gasteiger charge is -2.22. The van der Waals surface area contributed by atoms with Crippen molar-refractivity contribution in [3.63, 3.8) is 0 Å². The van der Waals surface area contributed by atoms with Gasteiger partial charge in [-0.25, -0.2) is 9.59 Å². The molecule has 0 radical (unpaired) electrons. The monoisotopic (exact) mass is 527 g/mol. The quantitative estimate of drug-likeness (QED) is 0.386. The number of rotatable bonds is 8. The number of halogens is 6. The van der Waals surface area contributed by atoms with Crippen LogP contribution in [0, 0.1) is 0 Å². The molecule has 0 saturated carbocycles. The summed E-state index contributed by atoms with van der Waals surface area (Å²) in [5.74, 6) is -5.36. The Kier molecular flexibility index (Phi) is 14.1. The van der Waals surface area contributed by atoms with Crippen molar-refractivity contribution in [1.29, 1.82) is 0 Å². The number of carbonyl (C=O) groups is 3. The minimum atomic E-state index is -5.08. The number of carboxylic acids is 2. The maximum Gasteiger partial charge on any atom is 0.490 e.